The average Bonchev–Trinajstić information content (AvgIpc) is 3.16. The first-order chi connectivity index (χ1) is 14.1. The van der Waals surface area contributed by atoms with Gasteiger partial charge in [-0.3, -0.25) is 4.79 Å². The lowest BCUT2D eigenvalue weighted by atomic mass is 10.0. The summed E-state index contributed by atoms with van der Waals surface area (Å²) in [5.74, 6) is 0.704. The highest BCUT2D eigenvalue weighted by Crippen LogP contribution is 2.38. The first-order valence-corrected chi connectivity index (χ1v) is 10.1. The fraction of sp³-hybridized carbons (Fsp3) is 0.250. The zero-order chi connectivity index (χ0) is 20.4. The first-order valence-electron chi connectivity index (χ1n) is 9.17. The molecule has 1 aromatic heterocycles. The molecular weight excluding hydrogens is 393 g/mol. The van der Waals surface area contributed by atoms with Crippen LogP contribution < -0.4 is 15.5 Å². The van der Waals surface area contributed by atoms with E-state index >= 15 is 0 Å². The molecule has 0 aliphatic carbocycles. The number of hydrogen-bond donors (Lipinski definition) is 2. The minimum atomic E-state index is -0.579. The van der Waals surface area contributed by atoms with Gasteiger partial charge in [-0.25, -0.2) is 9.07 Å². The summed E-state index contributed by atoms with van der Waals surface area (Å²) in [6.07, 6.45) is 0.696. The quantitative estimate of drug-likeness (QED) is 0.667. The van der Waals surface area contributed by atoms with Crippen LogP contribution in [-0.4, -0.2) is 33.1 Å². The van der Waals surface area contributed by atoms with Crippen molar-refractivity contribution in [1.82, 2.24) is 14.9 Å². The van der Waals surface area contributed by atoms with Crippen LogP contribution in [0.2, 0.25) is 0 Å². The third-order valence-electron chi connectivity index (χ3n) is 4.68. The number of halogens is 1. The molecule has 3 aromatic rings. The van der Waals surface area contributed by atoms with E-state index in [9.17, 15) is 9.18 Å². The van der Waals surface area contributed by atoms with Crippen LogP contribution in [0.15, 0.2) is 53.7 Å². The number of aromatic nitrogens is 3. The molecule has 0 saturated carbocycles. The van der Waals surface area contributed by atoms with Gasteiger partial charge in [0, 0.05) is 6.42 Å². The third-order valence-corrected chi connectivity index (χ3v) is 5.90. The number of methoxy groups -OCH3 is 1. The summed E-state index contributed by atoms with van der Waals surface area (Å²) in [5, 5.41) is 11.1. The van der Waals surface area contributed by atoms with Gasteiger partial charge in [0.2, 0.25) is 11.1 Å². The highest BCUT2D eigenvalue weighted by molar-refractivity contribution is 8.00. The Hall–Kier alpha value is -3.07. The number of carbonyl (C=O) groups is 1. The molecule has 9 heteroatoms. The fourth-order valence-corrected chi connectivity index (χ4v) is 4.25. The summed E-state index contributed by atoms with van der Waals surface area (Å²) in [4.78, 5) is 13.1. The second kappa shape index (κ2) is 8.12. The first kappa shape index (κ1) is 19.3. The number of hydrogen-bond acceptors (Lipinski definition) is 6. The minimum absolute atomic E-state index is 0.146. The Labute approximate surface area is 171 Å². The predicted octanol–water partition coefficient (Wildman–Crippen LogP) is 3.39. The molecule has 0 bridgehead atoms. The van der Waals surface area contributed by atoms with Crippen molar-refractivity contribution >= 4 is 23.4 Å². The maximum atomic E-state index is 14.0. The second-order valence-corrected chi connectivity index (χ2v) is 7.58. The molecular formula is C20H20FN5O2S. The molecule has 1 amide bonds. The molecule has 29 heavy (non-hydrogen) atoms. The number of nitrogens with zero attached hydrogens (tertiary/aromatic N) is 3. The Morgan fingerprint density at radius 1 is 1.24 bits per heavy atom. The van der Waals surface area contributed by atoms with Crippen LogP contribution in [0.5, 0.6) is 5.75 Å². The predicted molar refractivity (Wildman–Crippen MR) is 109 cm³/mol. The summed E-state index contributed by atoms with van der Waals surface area (Å²) in [5.41, 5.74) is 4.40. The molecule has 2 heterocycles. The monoisotopic (exact) mass is 413 g/mol. The number of ether oxygens (including phenoxy) is 1. The summed E-state index contributed by atoms with van der Waals surface area (Å²) < 4.78 is 21.1. The molecule has 0 unspecified atom stereocenters. The van der Waals surface area contributed by atoms with Crippen molar-refractivity contribution in [3.63, 3.8) is 0 Å². The maximum Gasteiger partial charge on any atom is 0.240 e. The minimum Gasteiger partial charge on any atom is -0.497 e. The number of fused-ring (bicyclic) bond motifs is 1. The van der Waals surface area contributed by atoms with E-state index in [-0.39, 0.29) is 17.6 Å². The number of rotatable bonds is 5. The zero-order valence-corrected chi connectivity index (χ0v) is 16.7. The van der Waals surface area contributed by atoms with Gasteiger partial charge < -0.3 is 15.5 Å². The number of nitrogens with one attached hydrogen (secondary N) is 2. The Morgan fingerprint density at radius 2 is 2.00 bits per heavy atom. The van der Waals surface area contributed by atoms with Gasteiger partial charge in [-0.1, -0.05) is 43.0 Å². The van der Waals surface area contributed by atoms with Crippen LogP contribution in [-0.2, 0) is 11.2 Å². The standard InChI is InChI=1S/C20H20FN5O2S/c1-3-16-23-24-20-26(16)25-17(12-8-10-13(28-2)11-9-12)18(29-20)19(27)22-15-7-5-4-6-14(15)21/h4-11,17-18,25H,3H2,1-2H3,(H,22,27)/t17-,18-/m0/s1. The fourth-order valence-electron chi connectivity index (χ4n) is 3.16. The van der Waals surface area contributed by atoms with Crippen molar-refractivity contribution in [3.8, 4) is 5.75 Å². The molecule has 0 fully saturated rings. The van der Waals surface area contributed by atoms with E-state index in [1.54, 1.807) is 19.2 Å². The smallest absolute Gasteiger partial charge is 0.240 e. The highest BCUT2D eigenvalue weighted by Gasteiger charge is 2.37. The highest BCUT2D eigenvalue weighted by atomic mass is 32.2. The number of thioether (sulfide) groups is 1. The van der Waals surface area contributed by atoms with Gasteiger partial charge in [0.25, 0.3) is 0 Å². The van der Waals surface area contributed by atoms with Crippen LogP contribution in [0.25, 0.3) is 0 Å². The lowest BCUT2D eigenvalue weighted by Crippen LogP contribution is -2.41. The molecule has 2 aromatic carbocycles. The molecule has 7 nitrogen and oxygen atoms in total. The van der Waals surface area contributed by atoms with Crippen LogP contribution >= 0.6 is 11.8 Å². The largest absolute Gasteiger partial charge is 0.497 e. The second-order valence-electron chi connectivity index (χ2n) is 6.48. The molecule has 2 atom stereocenters. The Kier molecular flexibility index (Phi) is 5.39. The Bertz CT molecular complexity index is 1020. The van der Waals surface area contributed by atoms with Gasteiger partial charge in [0.15, 0.2) is 5.82 Å². The van der Waals surface area contributed by atoms with E-state index in [1.807, 2.05) is 35.9 Å². The lowest BCUT2D eigenvalue weighted by molar-refractivity contribution is -0.116. The summed E-state index contributed by atoms with van der Waals surface area (Å²) >= 11 is 1.30. The number of anilines is 1. The molecule has 2 N–H and O–H groups in total. The number of para-hydroxylation sites is 1. The number of carbonyl (C=O) groups excluding carboxylic acids is 1. The van der Waals surface area contributed by atoms with Crippen molar-refractivity contribution in [2.75, 3.05) is 17.9 Å². The van der Waals surface area contributed by atoms with Crippen LogP contribution in [0.4, 0.5) is 10.1 Å². The summed E-state index contributed by atoms with van der Waals surface area (Å²) in [7, 11) is 1.60. The normalized spacial score (nSPS) is 17.9. The van der Waals surface area contributed by atoms with E-state index in [0.29, 0.717) is 11.6 Å². The zero-order valence-electron chi connectivity index (χ0n) is 15.9. The summed E-state index contributed by atoms with van der Waals surface area (Å²) in [6.45, 7) is 1.99. The van der Waals surface area contributed by atoms with Crippen LogP contribution in [0.3, 0.4) is 0 Å². The van der Waals surface area contributed by atoms with Crippen molar-refractivity contribution in [3.05, 3.63) is 65.7 Å². The van der Waals surface area contributed by atoms with E-state index in [1.165, 1.54) is 23.9 Å². The third kappa shape index (κ3) is 3.77. The molecule has 1 aliphatic rings. The number of aryl methyl sites for hydroxylation is 1. The molecule has 0 saturated heterocycles. The van der Waals surface area contributed by atoms with Crippen molar-refractivity contribution in [2.45, 2.75) is 29.8 Å². The lowest BCUT2D eigenvalue weighted by Gasteiger charge is -2.33. The van der Waals surface area contributed by atoms with Crippen LogP contribution in [0, 0.1) is 5.82 Å². The molecule has 1 aliphatic heterocycles. The number of amides is 1. The van der Waals surface area contributed by atoms with Gasteiger partial charge in [0.05, 0.1) is 18.8 Å². The molecule has 150 valence electrons. The van der Waals surface area contributed by atoms with E-state index in [4.69, 9.17) is 4.74 Å². The van der Waals surface area contributed by atoms with Gasteiger partial charge in [-0.15, -0.1) is 10.2 Å². The van der Waals surface area contributed by atoms with E-state index in [2.05, 4.69) is 20.9 Å². The number of benzene rings is 2. The van der Waals surface area contributed by atoms with Crippen molar-refractivity contribution in [2.24, 2.45) is 0 Å². The maximum absolute atomic E-state index is 14.0. The molecule has 4 rings (SSSR count). The van der Waals surface area contributed by atoms with Crippen molar-refractivity contribution < 1.29 is 13.9 Å². The van der Waals surface area contributed by atoms with Crippen molar-refractivity contribution in [1.29, 1.82) is 0 Å². The van der Waals surface area contributed by atoms with Gasteiger partial charge >= 0.3 is 0 Å². The van der Waals surface area contributed by atoms with Crippen LogP contribution in [0.1, 0.15) is 24.4 Å². The average molecular weight is 413 g/mol. The van der Waals surface area contributed by atoms with Gasteiger partial charge in [0.1, 0.15) is 16.8 Å². The SMILES string of the molecule is CCc1nnc2n1N[C@@H](c1ccc(OC)cc1)[C@@H](C(=O)Nc1ccccc1F)S2. The van der Waals surface area contributed by atoms with E-state index < -0.39 is 11.1 Å². The van der Waals surface area contributed by atoms with E-state index in [0.717, 1.165) is 17.1 Å². The Balaban J connectivity index is 1.68. The Morgan fingerprint density at radius 3 is 2.69 bits per heavy atom. The topological polar surface area (TPSA) is 81.1 Å². The molecule has 0 spiro atoms. The van der Waals surface area contributed by atoms with Gasteiger partial charge in [-0.2, -0.15) is 0 Å². The van der Waals surface area contributed by atoms with Gasteiger partial charge in [-0.05, 0) is 29.8 Å². The molecule has 0 radical (unpaired) electrons. The summed E-state index contributed by atoms with van der Waals surface area (Å²) in [6, 6.07) is 13.2.